The Hall–Kier alpha value is -4.70. The second kappa shape index (κ2) is 10.7. The molecule has 36 heavy (non-hydrogen) atoms. The molecule has 1 N–H and O–H groups in total. The average Bonchev–Trinajstić information content (AvgIpc) is 3.53. The van der Waals surface area contributed by atoms with Crippen molar-refractivity contribution < 1.29 is 19.0 Å². The summed E-state index contributed by atoms with van der Waals surface area (Å²) in [4.78, 5) is 12.8. The van der Waals surface area contributed by atoms with Crippen LogP contribution in [0.15, 0.2) is 84.6 Å². The van der Waals surface area contributed by atoms with E-state index in [9.17, 15) is 10.1 Å². The number of carbonyl (C=O) groups is 1. The Morgan fingerprint density at radius 1 is 1.06 bits per heavy atom. The highest BCUT2D eigenvalue weighted by Crippen LogP contribution is 2.32. The normalized spacial score (nSPS) is 12.4. The highest BCUT2D eigenvalue weighted by Gasteiger charge is 2.15. The number of hydrogen-bond donors (Lipinski definition) is 1. The number of carbonyl (C=O) groups excluding carboxylic acids is 1. The van der Waals surface area contributed by atoms with Gasteiger partial charge in [-0.2, -0.15) is 5.26 Å². The minimum absolute atomic E-state index is 0.0473. The van der Waals surface area contributed by atoms with Crippen LogP contribution in [-0.4, -0.2) is 23.9 Å². The second-order valence-corrected chi connectivity index (χ2v) is 8.35. The largest absolute Gasteiger partial charge is 0.494 e. The van der Waals surface area contributed by atoms with Crippen LogP contribution in [0, 0.1) is 11.3 Å². The summed E-state index contributed by atoms with van der Waals surface area (Å²) in [6.45, 7) is 1.81. The molecule has 0 bridgehead atoms. The Labute approximate surface area is 209 Å². The third kappa shape index (κ3) is 5.18. The van der Waals surface area contributed by atoms with Crippen LogP contribution in [0.4, 0.5) is 0 Å². The lowest BCUT2D eigenvalue weighted by atomic mass is 10.1. The molecule has 0 radical (unpaired) electrons. The van der Waals surface area contributed by atoms with Crippen molar-refractivity contribution in [2.75, 3.05) is 13.4 Å². The van der Waals surface area contributed by atoms with Crippen molar-refractivity contribution in [3.63, 3.8) is 0 Å². The van der Waals surface area contributed by atoms with Crippen molar-refractivity contribution >= 4 is 22.9 Å². The molecule has 7 heteroatoms. The lowest BCUT2D eigenvalue weighted by Crippen LogP contribution is -2.23. The molecule has 0 spiro atoms. The van der Waals surface area contributed by atoms with Gasteiger partial charge in [-0.1, -0.05) is 42.5 Å². The number of para-hydroxylation sites is 2. The predicted octanol–water partition coefficient (Wildman–Crippen LogP) is 5.06. The summed E-state index contributed by atoms with van der Waals surface area (Å²) in [5.74, 6) is 1.76. The lowest BCUT2D eigenvalue weighted by molar-refractivity contribution is -0.117. The molecule has 0 saturated carbocycles. The molecule has 0 unspecified atom stereocenters. The number of aromatic nitrogens is 1. The first-order valence-corrected chi connectivity index (χ1v) is 11.8. The van der Waals surface area contributed by atoms with Crippen molar-refractivity contribution in [1.82, 2.24) is 9.88 Å². The Kier molecular flexibility index (Phi) is 6.86. The number of hydrogen-bond acceptors (Lipinski definition) is 5. The number of amides is 1. The van der Waals surface area contributed by atoms with E-state index in [4.69, 9.17) is 14.2 Å². The van der Waals surface area contributed by atoms with Crippen LogP contribution in [0.2, 0.25) is 0 Å². The van der Waals surface area contributed by atoms with Gasteiger partial charge in [0.25, 0.3) is 5.91 Å². The number of aryl methyl sites for hydroxylation is 1. The second-order valence-electron chi connectivity index (χ2n) is 8.35. The van der Waals surface area contributed by atoms with Gasteiger partial charge in [0.05, 0.1) is 6.61 Å². The Morgan fingerprint density at radius 3 is 2.72 bits per heavy atom. The van der Waals surface area contributed by atoms with E-state index in [-0.39, 0.29) is 18.9 Å². The molecule has 0 fully saturated rings. The van der Waals surface area contributed by atoms with Crippen molar-refractivity contribution in [1.29, 1.82) is 5.26 Å². The van der Waals surface area contributed by atoms with Gasteiger partial charge in [0.15, 0.2) is 11.5 Å². The summed E-state index contributed by atoms with van der Waals surface area (Å²) in [6, 6.07) is 25.3. The van der Waals surface area contributed by atoms with E-state index in [1.54, 1.807) is 6.08 Å². The van der Waals surface area contributed by atoms with E-state index in [0.29, 0.717) is 18.1 Å². The van der Waals surface area contributed by atoms with Gasteiger partial charge in [0.2, 0.25) is 6.79 Å². The van der Waals surface area contributed by atoms with E-state index in [0.717, 1.165) is 40.7 Å². The minimum atomic E-state index is -0.428. The molecule has 180 valence electrons. The zero-order valence-electron chi connectivity index (χ0n) is 19.6. The summed E-state index contributed by atoms with van der Waals surface area (Å²) in [5.41, 5.74) is 2.77. The molecule has 0 atom stereocenters. The van der Waals surface area contributed by atoms with Crippen LogP contribution in [-0.2, 0) is 17.9 Å². The first-order valence-electron chi connectivity index (χ1n) is 11.8. The minimum Gasteiger partial charge on any atom is -0.494 e. The van der Waals surface area contributed by atoms with Crippen molar-refractivity contribution in [3.05, 3.63) is 95.7 Å². The summed E-state index contributed by atoms with van der Waals surface area (Å²) in [7, 11) is 0. The van der Waals surface area contributed by atoms with Crippen molar-refractivity contribution in [2.45, 2.75) is 19.5 Å². The van der Waals surface area contributed by atoms with Crippen LogP contribution in [0.1, 0.15) is 17.5 Å². The van der Waals surface area contributed by atoms with Crippen LogP contribution in [0.25, 0.3) is 17.0 Å². The fraction of sp³-hybridized carbons (Fsp3) is 0.172. The third-order valence-electron chi connectivity index (χ3n) is 5.93. The summed E-state index contributed by atoms with van der Waals surface area (Å²) in [6.07, 6.45) is 4.45. The molecule has 1 aromatic heterocycles. The molecule has 1 aliphatic heterocycles. The smallest absolute Gasteiger partial charge is 0.262 e. The molecule has 7 nitrogen and oxygen atoms in total. The van der Waals surface area contributed by atoms with Gasteiger partial charge in [0, 0.05) is 35.8 Å². The summed E-state index contributed by atoms with van der Waals surface area (Å²) in [5, 5.41) is 13.5. The van der Waals surface area contributed by atoms with E-state index in [1.165, 1.54) is 0 Å². The maximum absolute atomic E-state index is 12.8. The van der Waals surface area contributed by atoms with Gasteiger partial charge in [-0.25, -0.2) is 0 Å². The maximum Gasteiger partial charge on any atom is 0.262 e. The Bertz CT molecular complexity index is 1450. The van der Waals surface area contributed by atoms with Crippen LogP contribution < -0.4 is 19.5 Å². The van der Waals surface area contributed by atoms with Gasteiger partial charge in [-0.3, -0.25) is 4.79 Å². The number of rotatable bonds is 9. The van der Waals surface area contributed by atoms with Crippen LogP contribution in [0.3, 0.4) is 0 Å². The topological polar surface area (TPSA) is 85.5 Å². The number of ether oxygens (including phenoxy) is 3. The molecule has 0 saturated heterocycles. The number of benzene rings is 3. The molecule has 4 aromatic rings. The Balaban J connectivity index is 1.27. The first kappa shape index (κ1) is 23.1. The zero-order chi connectivity index (χ0) is 24.7. The van der Waals surface area contributed by atoms with Crippen LogP contribution >= 0.6 is 0 Å². The molecular formula is C29H25N3O4. The molecule has 1 aliphatic rings. The van der Waals surface area contributed by atoms with E-state index < -0.39 is 5.91 Å². The molecular weight excluding hydrogens is 454 g/mol. The molecule has 1 amide bonds. The number of nitrogens with one attached hydrogen (secondary N) is 1. The van der Waals surface area contributed by atoms with Gasteiger partial charge in [-0.15, -0.1) is 0 Å². The number of fused-ring (bicyclic) bond motifs is 2. The van der Waals surface area contributed by atoms with Gasteiger partial charge < -0.3 is 24.1 Å². The standard InChI is InChI=1S/C29H25N3O4/c30-17-22(29(33)31-18-21-11-12-27-28(15-21)36-20-35-27)16-23-19-32(26-10-5-4-9-25(23)26)13-6-14-34-24-7-2-1-3-8-24/h1-5,7-12,15-16,19H,6,13-14,18,20H2,(H,31,33)/b22-16+. The molecule has 0 aliphatic carbocycles. The van der Waals surface area contributed by atoms with Gasteiger partial charge >= 0.3 is 0 Å². The highest BCUT2D eigenvalue weighted by atomic mass is 16.7. The number of nitriles is 1. The maximum atomic E-state index is 12.8. The lowest BCUT2D eigenvalue weighted by Gasteiger charge is -2.07. The third-order valence-corrected chi connectivity index (χ3v) is 5.93. The van der Waals surface area contributed by atoms with E-state index in [1.807, 2.05) is 85.1 Å². The summed E-state index contributed by atoms with van der Waals surface area (Å²) >= 11 is 0. The monoisotopic (exact) mass is 479 g/mol. The van der Waals surface area contributed by atoms with Gasteiger partial charge in [0.1, 0.15) is 17.4 Å². The number of nitrogens with zero attached hydrogens (tertiary/aromatic N) is 2. The summed E-state index contributed by atoms with van der Waals surface area (Å²) < 4.78 is 18.6. The highest BCUT2D eigenvalue weighted by molar-refractivity contribution is 6.04. The molecule has 3 aromatic carbocycles. The SMILES string of the molecule is N#C/C(=C\c1cn(CCCOc2ccccc2)c2ccccc12)C(=O)NCc1ccc2c(c1)OCO2. The van der Waals surface area contributed by atoms with Crippen LogP contribution in [0.5, 0.6) is 17.2 Å². The van der Waals surface area contributed by atoms with E-state index >= 15 is 0 Å². The fourth-order valence-electron chi connectivity index (χ4n) is 4.15. The quantitative estimate of drug-likeness (QED) is 0.206. The average molecular weight is 480 g/mol. The fourth-order valence-corrected chi connectivity index (χ4v) is 4.15. The first-order chi connectivity index (χ1) is 17.7. The molecule has 2 heterocycles. The molecule has 5 rings (SSSR count). The van der Waals surface area contributed by atoms with Crippen molar-refractivity contribution in [3.8, 4) is 23.3 Å². The zero-order valence-corrected chi connectivity index (χ0v) is 19.6. The van der Waals surface area contributed by atoms with Crippen molar-refractivity contribution in [2.24, 2.45) is 0 Å². The van der Waals surface area contributed by atoms with Gasteiger partial charge in [-0.05, 0) is 48.4 Å². The van der Waals surface area contributed by atoms with E-state index in [2.05, 4.69) is 9.88 Å². The Morgan fingerprint density at radius 2 is 1.86 bits per heavy atom. The predicted molar refractivity (Wildman–Crippen MR) is 136 cm³/mol.